The standard InChI is InChI=1S/C26H31F3N2O2.C2HF3O2/c1-2-33-23-6-4-3-5-21(23)19-30-15-11-25(12-16-30)13-17-31(18-14-25)24(32)20-7-9-22(10-8-20)26(27,28)29;3-2(4,5)1(6)7/h3-10H,2,11-19H2,1H3;(H,6,7). The lowest BCUT2D eigenvalue weighted by Gasteiger charge is -2.47. The van der Waals surface area contributed by atoms with Crippen molar-refractivity contribution < 1.29 is 45.8 Å². The van der Waals surface area contributed by atoms with Crippen molar-refractivity contribution in [1.82, 2.24) is 9.80 Å². The molecule has 0 radical (unpaired) electrons. The molecule has 2 fully saturated rings. The Morgan fingerprint density at radius 2 is 1.40 bits per heavy atom. The predicted molar refractivity (Wildman–Crippen MR) is 135 cm³/mol. The van der Waals surface area contributed by atoms with Crippen molar-refractivity contribution in [2.45, 2.75) is 51.5 Å². The third-order valence-corrected chi connectivity index (χ3v) is 7.40. The molecule has 4 rings (SSSR count). The molecule has 2 aliphatic rings. The number of hydrogen-bond acceptors (Lipinski definition) is 4. The van der Waals surface area contributed by atoms with Crippen LogP contribution in [-0.4, -0.2) is 65.7 Å². The Balaban J connectivity index is 0.000000559. The molecule has 1 spiro atoms. The van der Waals surface area contributed by atoms with Gasteiger partial charge in [-0.2, -0.15) is 26.3 Å². The van der Waals surface area contributed by atoms with Crippen molar-refractivity contribution >= 4 is 11.9 Å². The zero-order valence-electron chi connectivity index (χ0n) is 22.0. The van der Waals surface area contributed by atoms with E-state index >= 15 is 0 Å². The fourth-order valence-corrected chi connectivity index (χ4v) is 5.03. The van der Waals surface area contributed by atoms with Crippen LogP contribution >= 0.6 is 0 Å². The summed E-state index contributed by atoms with van der Waals surface area (Å²) in [5, 5.41) is 7.12. The first kappa shape index (κ1) is 31.3. The Morgan fingerprint density at radius 1 is 0.875 bits per heavy atom. The Morgan fingerprint density at radius 3 is 1.90 bits per heavy atom. The highest BCUT2D eigenvalue weighted by Crippen LogP contribution is 2.42. The Kier molecular flexibility index (Phi) is 10.1. The SMILES string of the molecule is CCOc1ccccc1CN1CCC2(CC1)CCN(C(=O)c1ccc(C(F)(F)F)cc1)CC2.O=C(O)C(F)(F)F. The molecule has 220 valence electrons. The molecule has 2 aromatic rings. The van der Waals surface area contributed by atoms with E-state index in [0.29, 0.717) is 25.3 Å². The van der Waals surface area contributed by atoms with Crippen molar-refractivity contribution in [3.05, 3.63) is 65.2 Å². The lowest BCUT2D eigenvalue weighted by atomic mass is 9.71. The Hall–Kier alpha value is -3.28. The van der Waals surface area contributed by atoms with Crippen LogP contribution in [0.2, 0.25) is 0 Å². The first-order chi connectivity index (χ1) is 18.7. The molecule has 1 amide bonds. The molecular weight excluding hydrogens is 542 g/mol. The fraction of sp³-hybridized carbons (Fsp3) is 0.500. The highest BCUT2D eigenvalue weighted by atomic mass is 19.4. The van der Waals surface area contributed by atoms with Crippen LogP contribution in [-0.2, 0) is 17.5 Å². The van der Waals surface area contributed by atoms with E-state index in [0.717, 1.165) is 63.2 Å². The quantitative estimate of drug-likeness (QED) is 0.428. The molecule has 12 heteroatoms. The summed E-state index contributed by atoms with van der Waals surface area (Å²) in [6, 6.07) is 12.7. The number of carbonyl (C=O) groups is 2. The minimum atomic E-state index is -5.08. The normalized spacial score (nSPS) is 17.6. The molecule has 2 aliphatic heterocycles. The van der Waals surface area contributed by atoms with Crippen LogP contribution in [0.1, 0.15) is 54.1 Å². The van der Waals surface area contributed by atoms with E-state index in [-0.39, 0.29) is 11.3 Å². The summed E-state index contributed by atoms with van der Waals surface area (Å²) in [4.78, 5) is 26.0. The van der Waals surface area contributed by atoms with Gasteiger partial charge in [-0.25, -0.2) is 4.79 Å². The van der Waals surface area contributed by atoms with Crippen LogP contribution in [0, 0.1) is 5.41 Å². The second kappa shape index (κ2) is 12.9. The van der Waals surface area contributed by atoms with E-state index in [2.05, 4.69) is 11.0 Å². The van der Waals surface area contributed by atoms with Gasteiger partial charge in [0.25, 0.3) is 5.91 Å². The molecule has 6 nitrogen and oxygen atoms in total. The van der Waals surface area contributed by atoms with Crippen molar-refractivity contribution in [3.8, 4) is 5.75 Å². The van der Waals surface area contributed by atoms with Crippen LogP contribution in [0.4, 0.5) is 26.3 Å². The number of halogens is 6. The number of amides is 1. The highest BCUT2D eigenvalue weighted by Gasteiger charge is 2.39. The molecular formula is C28H32F6N2O4. The summed E-state index contributed by atoms with van der Waals surface area (Å²) in [6.07, 6.45) is -5.37. The summed E-state index contributed by atoms with van der Waals surface area (Å²) < 4.78 is 75.8. The smallest absolute Gasteiger partial charge is 0.490 e. The minimum absolute atomic E-state index is 0.177. The number of alkyl halides is 6. The van der Waals surface area contributed by atoms with Crippen molar-refractivity contribution in [3.63, 3.8) is 0 Å². The summed E-state index contributed by atoms with van der Waals surface area (Å²) >= 11 is 0. The topological polar surface area (TPSA) is 70.1 Å². The molecule has 1 N–H and O–H groups in total. The zero-order chi connectivity index (χ0) is 29.6. The molecule has 0 unspecified atom stereocenters. The van der Waals surface area contributed by atoms with E-state index in [1.54, 1.807) is 4.90 Å². The summed E-state index contributed by atoms with van der Waals surface area (Å²) in [6.45, 7) is 6.89. The Labute approximate surface area is 228 Å². The number of rotatable bonds is 5. The molecule has 2 saturated heterocycles. The summed E-state index contributed by atoms with van der Waals surface area (Å²) in [7, 11) is 0. The van der Waals surface area contributed by atoms with Gasteiger partial charge in [0.15, 0.2) is 0 Å². The lowest BCUT2D eigenvalue weighted by molar-refractivity contribution is -0.192. The molecule has 40 heavy (non-hydrogen) atoms. The van der Waals surface area contributed by atoms with E-state index in [1.165, 1.54) is 17.7 Å². The number of benzene rings is 2. The number of carboxylic acid groups (broad SMARTS) is 1. The number of likely N-dealkylation sites (tertiary alicyclic amines) is 2. The number of hydrogen-bond donors (Lipinski definition) is 1. The van der Waals surface area contributed by atoms with Gasteiger partial charge in [-0.05, 0) is 81.4 Å². The first-order valence-corrected chi connectivity index (χ1v) is 12.9. The number of para-hydroxylation sites is 1. The molecule has 2 heterocycles. The van der Waals surface area contributed by atoms with Gasteiger partial charge in [0.2, 0.25) is 0 Å². The predicted octanol–water partition coefficient (Wildman–Crippen LogP) is 6.26. The maximum absolute atomic E-state index is 12.8. The number of carbonyl (C=O) groups excluding carboxylic acids is 1. The average molecular weight is 575 g/mol. The number of piperidine rings is 2. The number of nitrogens with zero attached hydrogens (tertiary/aromatic N) is 2. The second-order valence-corrected chi connectivity index (χ2v) is 9.99. The van der Waals surface area contributed by atoms with Gasteiger partial charge < -0.3 is 14.7 Å². The minimum Gasteiger partial charge on any atom is -0.494 e. The zero-order valence-corrected chi connectivity index (χ0v) is 22.0. The number of aliphatic carboxylic acids is 1. The van der Waals surface area contributed by atoms with Crippen LogP contribution < -0.4 is 4.74 Å². The molecule has 2 aromatic carbocycles. The fourth-order valence-electron chi connectivity index (χ4n) is 5.03. The largest absolute Gasteiger partial charge is 0.494 e. The monoisotopic (exact) mass is 574 g/mol. The van der Waals surface area contributed by atoms with Gasteiger partial charge in [-0.1, -0.05) is 18.2 Å². The molecule has 0 aromatic heterocycles. The summed E-state index contributed by atoms with van der Waals surface area (Å²) in [5.41, 5.74) is 1.06. The van der Waals surface area contributed by atoms with Gasteiger partial charge in [0.05, 0.1) is 12.2 Å². The van der Waals surface area contributed by atoms with Crippen LogP contribution in [0.5, 0.6) is 5.75 Å². The van der Waals surface area contributed by atoms with E-state index < -0.39 is 23.9 Å². The molecule has 0 saturated carbocycles. The van der Waals surface area contributed by atoms with E-state index in [1.807, 2.05) is 25.1 Å². The van der Waals surface area contributed by atoms with Gasteiger partial charge >= 0.3 is 18.3 Å². The van der Waals surface area contributed by atoms with Crippen LogP contribution in [0.15, 0.2) is 48.5 Å². The highest BCUT2D eigenvalue weighted by molar-refractivity contribution is 5.94. The second-order valence-electron chi connectivity index (χ2n) is 9.99. The average Bonchev–Trinajstić information content (AvgIpc) is 2.91. The van der Waals surface area contributed by atoms with E-state index in [4.69, 9.17) is 14.6 Å². The number of ether oxygens (including phenoxy) is 1. The van der Waals surface area contributed by atoms with Gasteiger partial charge in [-0.15, -0.1) is 0 Å². The van der Waals surface area contributed by atoms with Crippen LogP contribution in [0.25, 0.3) is 0 Å². The van der Waals surface area contributed by atoms with Gasteiger partial charge in [-0.3, -0.25) is 9.69 Å². The third kappa shape index (κ3) is 8.36. The maximum Gasteiger partial charge on any atom is 0.490 e. The third-order valence-electron chi connectivity index (χ3n) is 7.40. The van der Waals surface area contributed by atoms with Gasteiger partial charge in [0, 0.05) is 30.8 Å². The summed E-state index contributed by atoms with van der Waals surface area (Å²) in [5.74, 6) is -1.98. The first-order valence-electron chi connectivity index (χ1n) is 12.9. The molecule has 0 aliphatic carbocycles. The lowest BCUT2D eigenvalue weighted by Crippen LogP contribution is -2.48. The Bertz CT molecular complexity index is 1130. The van der Waals surface area contributed by atoms with Gasteiger partial charge in [0.1, 0.15) is 5.75 Å². The van der Waals surface area contributed by atoms with Crippen molar-refractivity contribution in [1.29, 1.82) is 0 Å². The maximum atomic E-state index is 12.8. The molecule has 0 bridgehead atoms. The van der Waals surface area contributed by atoms with E-state index in [9.17, 15) is 31.1 Å². The van der Waals surface area contributed by atoms with Crippen molar-refractivity contribution in [2.24, 2.45) is 5.41 Å². The number of carboxylic acids is 1. The molecule has 0 atom stereocenters. The van der Waals surface area contributed by atoms with Crippen LogP contribution in [0.3, 0.4) is 0 Å². The van der Waals surface area contributed by atoms with Crippen molar-refractivity contribution in [2.75, 3.05) is 32.8 Å².